The van der Waals surface area contributed by atoms with Crippen molar-refractivity contribution >= 4 is 31.4 Å². The van der Waals surface area contributed by atoms with Gasteiger partial charge in [0.2, 0.25) is 8.87 Å². The summed E-state index contributed by atoms with van der Waals surface area (Å²) >= 11 is 1.56. The first-order valence-electron chi connectivity index (χ1n) is 5.48. The van der Waals surface area contributed by atoms with E-state index in [2.05, 4.69) is 6.92 Å². The molecule has 0 aliphatic heterocycles. The summed E-state index contributed by atoms with van der Waals surface area (Å²) in [6.07, 6.45) is 8.74. The summed E-state index contributed by atoms with van der Waals surface area (Å²) in [6.45, 7) is 2.18. The summed E-state index contributed by atoms with van der Waals surface area (Å²) in [5.41, 5.74) is 0. The molecule has 0 saturated heterocycles. The van der Waals surface area contributed by atoms with Gasteiger partial charge in [-0.15, -0.1) is 0 Å². The molecule has 0 aliphatic carbocycles. The number of hydrogen-bond acceptors (Lipinski definition) is 4. The van der Waals surface area contributed by atoms with Crippen molar-refractivity contribution in [2.45, 2.75) is 45.4 Å². The van der Waals surface area contributed by atoms with Crippen LogP contribution in [-0.2, 0) is 8.87 Å². The predicted molar refractivity (Wildman–Crippen MR) is 73.1 cm³/mol. The fourth-order valence-corrected chi connectivity index (χ4v) is 5.78. The molecule has 0 unspecified atom stereocenters. The Morgan fingerprint density at radius 3 is 2.20 bits per heavy atom. The van der Waals surface area contributed by atoms with Gasteiger partial charge in [0.15, 0.2) is 0 Å². The second-order valence-electron chi connectivity index (χ2n) is 3.55. The highest BCUT2D eigenvalue weighted by Gasteiger charge is 2.09. The van der Waals surface area contributed by atoms with Crippen molar-refractivity contribution in [3.63, 3.8) is 0 Å². The Morgan fingerprint density at radius 2 is 1.60 bits per heavy atom. The van der Waals surface area contributed by atoms with Crippen LogP contribution in [0.1, 0.15) is 45.4 Å². The van der Waals surface area contributed by atoms with Crippen LogP contribution in [-0.4, -0.2) is 25.5 Å². The van der Waals surface area contributed by atoms with Gasteiger partial charge in [-0.25, -0.2) is 8.42 Å². The van der Waals surface area contributed by atoms with Crippen molar-refractivity contribution in [2.24, 2.45) is 0 Å². The van der Waals surface area contributed by atoms with Gasteiger partial charge in [0.05, 0.1) is 10.8 Å². The van der Waals surface area contributed by atoms with Crippen LogP contribution in [0.2, 0.25) is 0 Å². The van der Waals surface area contributed by atoms with Gasteiger partial charge in [-0.1, -0.05) is 39.0 Å². The molecule has 0 aromatic heterocycles. The number of unbranched alkanes of at least 4 members (excludes halogenated alkanes) is 5. The minimum atomic E-state index is -2.84. The minimum absolute atomic E-state index is 0.352. The lowest BCUT2D eigenvalue weighted by Crippen LogP contribution is -2.01. The lowest BCUT2D eigenvalue weighted by Gasteiger charge is -2.02. The third-order valence-electron chi connectivity index (χ3n) is 2.09. The van der Waals surface area contributed by atoms with Gasteiger partial charge in [0.25, 0.3) is 0 Å². The number of hydrogen-bond donors (Lipinski definition) is 0. The number of thioether (sulfide) groups is 1. The van der Waals surface area contributed by atoms with E-state index >= 15 is 0 Å². The van der Waals surface area contributed by atoms with Crippen LogP contribution in [0, 0.1) is 0 Å². The van der Waals surface area contributed by atoms with Crippen molar-refractivity contribution in [3.05, 3.63) is 0 Å². The van der Waals surface area contributed by atoms with E-state index in [9.17, 15) is 8.42 Å². The zero-order chi connectivity index (χ0) is 11.6. The minimum Gasteiger partial charge on any atom is -0.217 e. The summed E-state index contributed by atoms with van der Waals surface area (Å²) in [6, 6.07) is 0. The highest BCUT2D eigenvalue weighted by Crippen LogP contribution is 2.19. The molecular formula is C10H22O2S3. The molecule has 15 heavy (non-hydrogen) atoms. The van der Waals surface area contributed by atoms with E-state index in [1.165, 1.54) is 25.7 Å². The van der Waals surface area contributed by atoms with Crippen LogP contribution in [0.25, 0.3) is 0 Å². The quantitative estimate of drug-likeness (QED) is 0.344. The molecule has 0 spiro atoms. The average Bonchev–Trinajstić information content (AvgIpc) is 2.20. The maximum absolute atomic E-state index is 11.4. The van der Waals surface area contributed by atoms with Gasteiger partial charge < -0.3 is 0 Å². The first-order valence-corrected chi connectivity index (χ1v) is 10.0. The zero-order valence-electron chi connectivity index (χ0n) is 9.70. The lowest BCUT2D eigenvalue weighted by atomic mass is 10.1. The maximum atomic E-state index is 11.4. The zero-order valence-corrected chi connectivity index (χ0v) is 12.1. The molecule has 2 nitrogen and oxygen atoms in total. The van der Waals surface area contributed by atoms with Crippen LogP contribution < -0.4 is 0 Å². The van der Waals surface area contributed by atoms with Gasteiger partial charge in [-0.3, -0.25) is 0 Å². The van der Waals surface area contributed by atoms with Gasteiger partial charge in [0, 0.05) is 0 Å². The first kappa shape index (κ1) is 15.7. The molecule has 0 aromatic rings. The SMILES string of the molecule is CCCCCCCCS(=O)(=O)SCSC. The molecule has 0 aliphatic rings. The monoisotopic (exact) mass is 270 g/mol. The smallest absolute Gasteiger partial charge is 0.202 e. The van der Waals surface area contributed by atoms with E-state index in [1.54, 1.807) is 11.8 Å². The van der Waals surface area contributed by atoms with Crippen molar-refractivity contribution in [1.82, 2.24) is 0 Å². The lowest BCUT2D eigenvalue weighted by molar-refractivity contribution is 0.595. The Kier molecular flexibility index (Phi) is 10.3. The molecule has 0 N–H and O–H groups in total. The van der Waals surface area contributed by atoms with Crippen LogP contribution in [0.5, 0.6) is 0 Å². The van der Waals surface area contributed by atoms with E-state index in [0.29, 0.717) is 10.8 Å². The highest BCUT2D eigenvalue weighted by molar-refractivity contribution is 8.73. The fraction of sp³-hybridized carbons (Fsp3) is 1.00. The summed E-state index contributed by atoms with van der Waals surface area (Å²) in [7, 11) is -1.76. The standard InChI is InChI=1S/C10H22O2S3/c1-3-4-5-6-7-8-9-15(11,12)14-10-13-2/h3-10H2,1-2H3. The van der Waals surface area contributed by atoms with Crippen LogP contribution in [0.3, 0.4) is 0 Å². The fourth-order valence-electron chi connectivity index (χ4n) is 1.24. The summed E-state index contributed by atoms with van der Waals surface area (Å²) in [5, 5.41) is 0.651. The van der Waals surface area contributed by atoms with Crippen molar-refractivity contribution in [3.8, 4) is 0 Å². The molecule has 0 saturated carbocycles. The predicted octanol–water partition coefficient (Wildman–Crippen LogP) is 3.73. The van der Waals surface area contributed by atoms with Crippen molar-refractivity contribution in [2.75, 3.05) is 17.1 Å². The Labute approximate surface area is 102 Å². The van der Waals surface area contributed by atoms with Gasteiger partial charge >= 0.3 is 0 Å². The van der Waals surface area contributed by atoms with Gasteiger partial charge in [0.1, 0.15) is 0 Å². The Balaban J connectivity index is 3.41. The van der Waals surface area contributed by atoms with E-state index in [1.807, 2.05) is 6.26 Å². The third-order valence-corrected chi connectivity index (χ3v) is 7.01. The van der Waals surface area contributed by atoms with Crippen LogP contribution in [0.15, 0.2) is 0 Å². The van der Waals surface area contributed by atoms with Gasteiger partial charge in [-0.05, 0) is 23.5 Å². The molecule has 5 heteroatoms. The molecule has 0 radical (unpaired) electrons. The summed E-state index contributed by atoms with van der Waals surface area (Å²) in [5.74, 6) is 0.352. The van der Waals surface area contributed by atoms with Crippen molar-refractivity contribution in [1.29, 1.82) is 0 Å². The molecule has 0 fully saturated rings. The molecule has 0 heterocycles. The summed E-state index contributed by atoms with van der Waals surface area (Å²) in [4.78, 5) is 0. The molecule has 0 amide bonds. The Bertz CT molecular complexity index is 225. The highest BCUT2D eigenvalue weighted by atomic mass is 33.1. The Morgan fingerprint density at radius 1 is 1.00 bits per heavy atom. The summed E-state index contributed by atoms with van der Waals surface area (Å²) < 4.78 is 22.9. The maximum Gasteiger partial charge on any atom is 0.202 e. The largest absolute Gasteiger partial charge is 0.217 e. The van der Waals surface area contributed by atoms with Crippen LogP contribution in [0.4, 0.5) is 0 Å². The van der Waals surface area contributed by atoms with Crippen molar-refractivity contribution < 1.29 is 8.42 Å². The average molecular weight is 270 g/mol. The molecule has 0 rings (SSSR count). The second kappa shape index (κ2) is 9.85. The topological polar surface area (TPSA) is 34.1 Å². The number of rotatable bonds is 10. The second-order valence-corrected chi connectivity index (χ2v) is 9.06. The van der Waals surface area contributed by atoms with Gasteiger partial charge in [-0.2, -0.15) is 11.8 Å². The molecular weight excluding hydrogens is 248 g/mol. The van der Waals surface area contributed by atoms with E-state index in [4.69, 9.17) is 0 Å². The molecule has 0 aromatic carbocycles. The molecule has 0 atom stereocenters. The van der Waals surface area contributed by atoms with E-state index < -0.39 is 8.87 Å². The van der Waals surface area contributed by atoms with E-state index in [0.717, 1.165) is 23.6 Å². The normalized spacial score (nSPS) is 11.9. The third kappa shape index (κ3) is 10.9. The van der Waals surface area contributed by atoms with E-state index in [-0.39, 0.29) is 0 Å². The van der Waals surface area contributed by atoms with Crippen LogP contribution >= 0.6 is 22.6 Å². The first-order chi connectivity index (χ1) is 7.12. The Hall–Kier alpha value is 0.650. The molecule has 92 valence electrons. The molecule has 0 bridgehead atoms.